The molecule has 0 heteroatoms. The van der Waals surface area contributed by atoms with E-state index in [0.29, 0.717) is 0 Å². The molecule has 0 nitrogen and oxygen atoms in total. The lowest BCUT2D eigenvalue weighted by Gasteiger charge is -2.18. The standard InChI is InChI=1S/C60H114/c1-5-9-12-15-18-21-24-27-30-33-36-39-42-45-48-52-58-55-57(51-8-4)56-59(53-49-46-43-40-37-34-31-28-25-22-19-16-13-10-6-2)60(58)54-50-47-44-41-38-35-32-29-26-23-20-17-14-11-7-3/h55-56H,5-54H2,1-4H3. The normalized spacial score (nSPS) is 11.7. The largest absolute Gasteiger partial charge is 0.0654 e. The summed E-state index contributed by atoms with van der Waals surface area (Å²) in [5.74, 6) is 0. The molecule has 0 fully saturated rings. The van der Waals surface area contributed by atoms with Gasteiger partial charge >= 0.3 is 0 Å². The lowest BCUT2D eigenvalue weighted by atomic mass is 9.87. The zero-order valence-electron chi connectivity index (χ0n) is 42.5. The summed E-state index contributed by atoms with van der Waals surface area (Å²) in [5, 5.41) is 0. The number of unbranched alkanes of at least 4 members (excludes halogenated alkanes) is 42. The first-order chi connectivity index (χ1) is 29.8. The number of hydrogen-bond donors (Lipinski definition) is 0. The highest BCUT2D eigenvalue weighted by atomic mass is 14.2. The quantitative estimate of drug-likeness (QED) is 0.0574. The Balaban J connectivity index is 2.49. The van der Waals surface area contributed by atoms with Crippen LogP contribution in [0.1, 0.15) is 345 Å². The first-order valence-corrected chi connectivity index (χ1v) is 28.9. The third kappa shape index (κ3) is 37.7. The molecule has 1 aromatic rings. The van der Waals surface area contributed by atoms with Crippen molar-refractivity contribution in [2.45, 2.75) is 349 Å². The molecule has 0 aliphatic rings. The van der Waals surface area contributed by atoms with Crippen LogP contribution in [-0.2, 0) is 25.7 Å². The van der Waals surface area contributed by atoms with E-state index in [9.17, 15) is 0 Å². The SMILES string of the molecule is CCCCCCCCCCCCCCCCCc1cc(CCC)cc(CCCCCCCCCCCCCCCCC)c1CCCCCCCCCCCCCCCCC. The van der Waals surface area contributed by atoms with Gasteiger partial charge in [0.1, 0.15) is 0 Å². The Hall–Kier alpha value is -0.780. The molecule has 354 valence electrons. The van der Waals surface area contributed by atoms with Crippen molar-refractivity contribution >= 4 is 0 Å². The zero-order valence-corrected chi connectivity index (χ0v) is 42.5. The number of rotatable bonds is 50. The molecule has 0 aliphatic carbocycles. The van der Waals surface area contributed by atoms with Crippen LogP contribution in [0.5, 0.6) is 0 Å². The Bertz CT molecular complexity index is 902. The van der Waals surface area contributed by atoms with Gasteiger partial charge in [-0.05, 0) is 67.2 Å². The third-order valence-corrected chi connectivity index (χ3v) is 14.2. The summed E-state index contributed by atoms with van der Waals surface area (Å²) >= 11 is 0. The van der Waals surface area contributed by atoms with Crippen molar-refractivity contribution < 1.29 is 0 Å². The average molecular weight is 836 g/mol. The van der Waals surface area contributed by atoms with Crippen LogP contribution in [0.15, 0.2) is 12.1 Å². The van der Waals surface area contributed by atoms with Crippen molar-refractivity contribution in [2.24, 2.45) is 0 Å². The second-order valence-electron chi connectivity index (χ2n) is 20.2. The predicted octanol–water partition coefficient (Wildman–Crippen LogP) is 21.9. The second kappa shape index (κ2) is 47.7. The van der Waals surface area contributed by atoms with Gasteiger partial charge in [0, 0.05) is 0 Å². The van der Waals surface area contributed by atoms with Crippen LogP contribution >= 0.6 is 0 Å². The maximum atomic E-state index is 2.68. The van der Waals surface area contributed by atoms with Crippen LogP contribution in [0.4, 0.5) is 0 Å². The summed E-state index contributed by atoms with van der Waals surface area (Å²) in [4.78, 5) is 0. The van der Waals surface area contributed by atoms with E-state index in [4.69, 9.17) is 0 Å². The predicted molar refractivity (Wildman–Crippen MR) is 276 cm³/mol. The summed E-state index contributed by atoms with van der Waals surface area (Å²) < 4.78 is 0. The summed E-state index contributed by atoms with van der Waals surface area (Å²) in [6, 6.07) is 5.37. The molecule has 1 aromatic carbocycles. The molecular formula is C60H114. The summed E-state index contributed by atoms with van der Waals surface area (Å²) in [7, 11) is 0. The van der Waals surface area contributed by atoms with E-state index >= 15 is 0 Å². The fourth-order valence-electron chi connectivity index (χ4n) is 10.1. The molecule has 1 rings (SSSR count). The third-order valence-electron chi connectivity index (χ3n) is 14.2. The first-order valence-electron chi connectivity index (χ1n) is 28.9. The van der Waals surface area contributed by atoms with Crippen LogP contribution in [0.2, 0.25) is 0 Å². The smallest absolute Gasteiger partial charge is 0.0273 e. The molecular weight excluding hydrogens is 721 g/mol. The van der Waals surface area contributed by atoms with Crippen LogP contribution in [0.25, 0.3) is 0 Å². The van der Waals surface area contributed by atoms with Gasteiger partial charge in [0.25, 0.3) is 0 Å². The van der Waals surface area contributed by atoms with Gasteiger partial charge < -0.3 is 0 Å². The molecule has 0 unspecified atom stereocenters. The van der Waals surface area contributed by atoms with Crippen molar-refractivity contribution in [3.8, 4) is 0 Å². The van der Waals surface area contributed by atoms with Gasteiger partial charge in [-0.3, -0.25) is 0 Å². The molecule has 0 saturated carbocycles. The molecule has 0 spiro atoms. The van der Waals surface area contributed by atoms with Gasteiger partial charge in [-0.15, -0.1) is 0 Å². The molecule has 0 N–H and O–H groups in total. The molecule has 60 heavy (non-hydrogen) atoms. The van der Waals surface area contributed by atoms with Gasteiger partial charge in [-0.1, -0.05) is 316 Å². The van der Waals surface area contributed by atoms with E-state index < -0.39 is 0 Å². The van der Waals surface area contributed by atoms with Crippen molar-refractivity contribution in [3.63, 3.8) is 0 Å². The van der Waals surface area contributed by atoms with Crippen molar-refractivity contribution in [3.05, 3.63) is 34.4 Å². The van der Waals surface area contributed by atoms with E-state index in [2.05, 4.69) is 39.8 Å². The lowest BCUT2D eigenvalue weighted by molar-refractivity contribution is 0.530. The second-order valence-corrected chi connectivity index (χ2v) is 20.2. The maximum absolute atomic E-state index is 2.68. The van der Waals surface area contributed by atoms with Crippen molar-refractivity contribution in [1.82, 2.24) is 0 Å². The minimum absolute atomic E-state index is 1.26. The highest BCUT2D eigenvalue weighted by Gasteiger charge is 2.12. The van der Waals surface area contributed by atoms with Crippen LogP contribution in [0.3, 0.4) is 0 Å². The Morgan fingerprint density at radius 3 is 0.617 bits per heavy atom. The average Bonchev–Trinajstić information content (AvgIpc) is 3.25. The molecule has 0 radical (unpaired) electrons. The van der Waals surface area contributed by atoms with Crippen molar-refractivity contribution in [1.29, 1.82) is 0 Å². The van der Waals surface area contributed by atoms with Gasteiger partial charge in [0.05, 0.1) is 0 Å². The number of hydrogen-bond acceptors (Lipinski definition) is 0. The zero-order chi connectivity index (χ0) is 43.1. The Morgan fingerprint density at radius 1 is 0.200 bits per heavy atom. The first kappa shape index (κ1) is 57.2. The van der Waals surface area contributed by atoms with E-state index in [1.165, 1.54) is 321 Å². The Kier molecular flexibility index (Phi) is 45.5. The van der Waals surface area contributed by atoms with Gasteiger partial charge in [0.2, 0.25) is 0 Å². The van der Waals surface area contributed by atoms with Crippen LogP contribution < -0.4 is 0 Å². The van der Waals surface area contributed by atoms with Gasteiger partial charge in [0.15, 0.2) is 0 Å². The van der Waals surface area contributed by atoms with Crippen LogP contribution in [-0.4, -0.2) is 0 Å². The molecule has 0 amide bonds. The highest BCUT2D eigenvalue weighted by Crippen LogP contribution is 2.27. The molecule has 0 aliphatic heterocycles. The van der Waals surface area contributed by atoms with E-state index in [1.807, 2.05) is 0 Å². The highest BCUT2D eigenvalue weighted by molar-refractivity contribution is 5.40. The minimum atomic E-state index is 1.26. The van der Waals surface area contributed by atoms with Crippen LogP contribution in [0, 0.1) is 0 Å². The summed E-state index contributed by atoms with van der Waals surface area (Å²) in [5.41, 5.74) is 6.97. The molecule has 0 bridgehead atoms. The number of benzene rings is 1. The van der Waals surface area contributed by atoms with Gasteiger partial charge in [-0.2, -0.15) is 0 Å². The molecule has 0 aromatic heterocycles. The maximum Gasteiger partial charge on any atom is -0.0273 e. The topological polar surface area (TPSA) is 0 Å². The Morgan fingerprint density at radius 2 is 0.400 bits per heavy atom. The van der Waals surface area contributed by atoms with E-state index in [-0.39, 0.29) is 0 Å². The molecule has 0 saturated heterocycles. The van der Waals surface area contributed by atoms with E-state index in [0.717, 1.165) is 0 Å². The van der Waals surface area contributed by atoms with Gasteiger partial charge in [-0.25, -0.2) is 0 Å². The fourth-order valence-corrected chi connectivity index (χ4v) is 10.1. The fraction of sp³-hybridized carbons (Fsp3) is 0.900. The summed E-state index contributed by atoms with van der Waals surface area (Å²) in [6.45, 7) is 9.35. The Labute approximate surface area is 381 Å². The monoisotopic (exact) mass is 835 g/mol. The van der Waals surface area contributed by atoms with Crippen molar-refractivity contribution in [2.75, 3.05) is 0 Å². The number of aryl methyl sites for hydroxylation is 3. The summed E-state index contributed by atoms with van der Waals surface area (Å²) in [6.07, 6.45) is 72.0. The minimum Gasteiger partial charge on any atom is -0.0654 e. The molecule has 0 atom stereocenters. The molecule has 0 heterocycles. The lowest BCUT2D eigenvalue weighted by Crippen LogP contribution is -2.04. The van der Waals surface area contributed by atoms with E-state index in [1.54, 1.807) is 22.3 Å².